The van der Waals surface area contributed by atoms with Crippen LogP contribution in [0.2, 0.25) is 0 Å². The van der Waals surface area contributed by atoms with Gasteiger partial charge in [-0.25, -0.2) is 4.39 Å². The van der Waals surface area contributed by atoms with Gasteiger partial charge in [0.15, 0.2) is 0 Å². The van der Waals surface area contributed by atoms with Crippen molar-refractivity contribution < 1.29 is 9.13 Å². The molecule has 2 heterocycles. The zero-order valence-electron chi connectivity index (χ0n) is 14.4. The molecule has 0 N–H and O–H groups in total. The van der Waals surface area contributed by atoms with Gasteiger partial charge >= 0.3 is 0 Å². The first-order valence-electron chi connectivity index (χ1n) is 8.74. The Balaban J connectivity index is 1.42. The number of unbranched alkanes of at least 4 members (excludes halogenated alkanes) is 1. The maximum Gasteiger partial charge on any atom is 0.123 e. The van der Waals surface area contributed by atoms with Crippen molar-refractivity contribution in [3.63, 3.8) is 0 Å². The van der Waals surface area contributed by atoms with Crippen molar-refractivity contribution >= 4 is 10.9 Å². The molecule has 0 atom stereocenters. The van der Waals surface area contributed by atoms with Gasteiger partial charge in [-0.15, -0.1) is 0 Å². The van der Waals surface area contributed by atoms with Crippen molar-refractivity contribution in [2.45, 2.75) is 19.4 Å². The van der Waals surface area contributed by atoms with Crippen molar-refractivity contribution in [2.75, 3.05) is 46.4 Å². The lowest BCUT2D eigenvalue weighted by Crippen LogP contribution is -2.37. The third kappa shape index (κ3) is 4.97. The second-order valence-electron chi connectivity index (χ2n) is 6.54. The first kappa shape index (κ1) is 17.3. The van der Waals surface area contributed by atoms with E-state index in [0.29, 0.717) is 0 Å². The molecule has 0 radical (unpaired) electrons. The fourth-order valence-corrected chi connectivity index (χ4v) is 3.12. The van der Waals surface area contributed by atoms with Gasteiger partial charge in [0.2, 0.25) is 0 Å². The van der Waals surface area contributed by atoms with E-state index in [4.69, 9.17) is 4.74 Å². The van der Waals surface area contributed by atoms with Crippen LogP contribution in [0.15, 0.2) is 30.3 Å². The van der Waals surface area contributed by atoms with E-state index in [2.05, 4.69) is 21.8 Å². The average Bonchev–Trinajstić information content (AvgIpc) is 2.60. The summed E-state index contributed by atoms with van der Waals surface area (Å²) < 4.78 is 18.6. The number of nitrogens with zero attached hydrogens (tertiary/aromatic N) is 3. The maximum atomic E-state index is 13.2. The largest absolute Gasteiger partial charge is 0.379 e. The summed E-state index contributed by atoms with van der Waals surface area (Å²) in [7, 11) is 2.13. The Hall–Kier alpha value is -1.56. The SMILES string of the molecule is CN(CCCCN1CCOCC1)Cc1ccc2cc(F)ccc2n1. The topological polar surface area (TPSA) is 28.6 Å². The summed E-state index contributed by atoms with van der Waals surface area (Å²) in [4.78, 5) is 9.41. The van der Waals surface area contributed by atoms with Crippen LogP contribution in [0, 0.1) is 5.82 Å². The van der Waals surface area contributed by atoms with Crippen LogP contribution in [0.1, 0.15) is 18.5 Å². The van der Waals surface area contributed by atoms with E-state index in [0.717, 1.165) is 62.5 Å². The third-order valence-electron chi connectivity index (χ3n) is 4.51. The Kier molecular flexibility index (Phi) is 6.12. The fourth-order valence-electron chi connectivity index (χ4n) is 3.12. The smallest absolute Gasteiger partial charge is 0.123 e. The highest BCUT2D eigenvalue weighted by atomic mass is 19.1. The molecule has 5 heteroatoms. The quantitative estimate of drug-likeness (QED) is 0.730. The number of ether oxygens (including phenoxy) is 1. The van der Waals surface area contributed by atoms with Crippen LogP contribution >= 0.6 is 0 Å². The van der Waals surface area contributed by atoms with Gasteiger partial charge in [0, 0.05) is 25.0 Å². The highest BCUT2D eigenvalue weighted by Gasteiger charge is 2.09. The number of morpholine rings is 1. The van der Waals surface area contributed by atoms with E-state index in [9.17, 15) is 4.39 Å². The van der Waals surface area contributed by atoms with Crippen molar-refractivity contribution in [2.24, 2.45) is 0 Å². The van der Waals surface area contributed by atoms with E-state index in [1.165, 1.54) is 25.0 Å². The molecule has 0 aliphatic carbocycles. The zero-order chi connectivity index (χ0) is 16.8. The number of rotatable bonds is 7. The molecule has 1 fully saturated rings. The zero-order valence-corrected chi connectivity index (χ0v) is 14.4. The lowest BCUT2D eigenvalue weighted by atomic mass is 10.2. The van der Waals surface area contributed by atoms with Crippen molar-refractivity contribution in [1.82, 2.24) is 14.8 Å². The normalized spacial score (nSPS) is 16.1. The second kappa shape index (κ2) is 8.51. The molecule has 3 rings (SSSR count). The lowest BCUT2D eigenvalue weighted by Gasteiger charge is -2.26. The lowest BCUT2D eigenvalue weighted by molar-refractivity contribution is 0.0369. The van der Waals surface area contributed by atoms with Crippen LogP contribution in [0.5, 0.6) is 0 Å². The number of benzene rings is 1. The number of aromatic nitrogens is 1. The molecular formula is C19H26FN3O. The highest BCUT2D eigenvalue weighted by molar-refractivity contribution is 5.78. The Morgan fingerprint density at radius 2 is 2.00 bits per heavy atom. The van der Waals surface area contributed by atoms with Gasteiger partial charge in [0.25, 0.3) is 0 Å². The average molecular weight is 331 g/mol. The number of pyridine rings is 1. The summed E-state index contributed by atoms with van der Waals surface area (Å²) in [6.07, 6.45) is 2.40. The molecule has 1 aliphatic heterocycles. The summed E-state index contributed by atoms with van der Waals surface area (Å²) in [5.74, 6) is -0.213. The van der Waals surface area contributed by atoms with Crippen LogP contribution in [-0.2, 0) is 11.3 Å². The minimum Gasteiger partial charge on any atom is -0.379 e. The predicted molar refractivity (Wildman–Crippen MR) is 94.5 cm³/mol. The van der Waals surface area contributed by atoms with Gasteiger partial charge in [-0.05, 0) is 57.2 Å². The molecule has 4 nitrogen and oxygen atoms in total. The van der Waals surface area contributed by atoms with Crippen LogP contribution in [0.25, 0.3) is 10.9 Å². The molecule has 130 valence electrons. The van der Waals surface area contributed by atoms with Crippen molar-refractivity contribution in [3.05, 3.63) is 41.8 Å². The van der Waals surface area contributed by atoms with Crippen LogP contribution in [-0.4, -0.2) is 61.2 Å². The molecule has 0 spiro atoms. The number of halogens is 1. The van der Waals surface area contributed by atoms with Gasteiger partial charge in [0.1, 0.15) is 5.82 Å². The standard InChI is InChI=1S/C19H26FN3O/c1-22(8-2-3-9-23-10-12-24-13-11-23)15-18-6-4-16-14-17(20)5-7-19(16)21-18/h4-7,14H,2-3,8-13,15H2,1H3. The Labute approximate surface area is 143 Å². The van der Waals surface area contributed by atoms with Gasteiger partial charge < -0.3 is 9.64 Å². The monoisotopic (exact) mass is 331 g/mol. The molecule has 1 aromatic carbocycles. The summed E-state index contributed by atoms with van der Waals surface area (Å²) in [6, 6.07) is 8.69. The fraction of sp³-hybridized carbons (Fsp3) is 0.526. The third-order valence-corrected chi connectivity index (χ3v) is 4.51. The molecule has 2 aromatic rings. The van der Waals surface area contributed by atoms with Gasteiger partial charge in [0.05, 0.1) is 24.4 Å². The van der Waals surface area contributed by atoms with Gasteiger partial charge in [-0.3, -0.25) is 9.88 Å². The van der Waals surface area contributed by atoms with Gasteiger partial charge in [-0.2, -0.15) is 0 Å². The number of hydrogen-bond acceptors (Lipinski definition) is 4. The second-order valence-corrected chi connectivity index (χ2v) is 6.54. The number of fused-ring (bicyclic) bond motifs is 1. The van der Waals surface area contributed by atoms with E-state index >= 15 is 0 Å². The molecule has 0 unspecified atom stereocenters. The van der Waals surface area contributed by atoms with Crippen molar-refractivity contribution in [3.8, 4) is 0 Å². The van der Waals surface area contributed by atoms with Crippen molar-refractivity contribution in [1.29, 1.82) is 0 Å². The molecule has 0 saturated carbocycles. The Morgan fingerprint density at radius 3 is 2.83 bits per heavy atom. The molecule has 24 heavy (non-hydrogen) atoms. The minimum atomic E-state index is -0.213. The first-order valence-corrected chi connectivity index (χ1v) is 8.74. The van der Waals surface area contributed by atoms with Crippen LogP contribution in [0.3, 0.4) is 0 Å². The summed E-state index contributed by atoms with van der Waals surface area (Å²) in [5, 5.41) is 0.854. The molecule has 1 saturated heterocycles. The first-order chi connectivity index (χ1) is 11.7. The van der Waals surface area contributed by atoms with E-state index in [1.807, 2.05) is 12.1 Å². The van der Waals surface area contributed by atoms with Crippen LogP contribution < -0.4 is 0 Å². The predicted octanol–water partition coefficient (Wildman–Crippen LogP) is 2.92. The highest BCUT2D eigenvalue weighted by Crippen LogP contribution is 2.15. The molecule has 0 amide bonds. The maximum absolute atomic E-state index is 13.2. The summed E-state index contributed by atoms with van der Waals surface area (Å²) in [5.41, 5.74) is 1.89. The Bertz CT molecular complexity index is 658. The summed E-state index contributed by atoms with van der Waals surface area (Å²) in [6.45, 7) is 6.93. The molecular weight excluding hydrogens is 305 g/mol. The Morgan fingerprint density at radius 1 is 1.17 bits per heavy atom. The van der Waals surface area contributed by atoms with Crippen LogP contribution in [0.4, 0.5) is 4.39 Å². The molecule has 1 aliphatic rings. The molecule has 1 aromatic heterocycles. The molecule has 0 bridgehead atoms. The van der Waals surface area contributed by atoms with Gasteiger partial charge in [-0.1, -0.05) is 6.07 Å². The van der Waals surface area contributed by atoms with E-state index in [1.54, 1.807) is 6.07 Å². The number of hydrogen-bond donors (Lipinski definition) is 0. The minimum absolute atomic E-state index is 0.213. The van der Waals surface area contributed by atoms with E-state index in [-0.39, 0.29) is 5.82 Å². The summed E-state index contributed by atoms with van der Waals surface area (Å²) >= 11 is 0. The van der Waals surface area contributed by atoms with E-state index < -0.39 is 0 Å².